The molecule has 1 unspecified atom stereocenters. The lowest BCUT2D eigenvalue weighted by molar-refractivity contribution is 0.303. The molecule has 1 atom stereocenters. The topological polar surface area (TPSA) is 43.4 Å². The molecule has 0 spiro atoms. The molecular formula is C13H28O3S. The zero-order valence-corrected chi connectivity index (χ0v) is 12.4. The van der Waals surface area contributed by atoms with E-state index in [0.717, 1.165) is 19.3 Å². The van der Waals surface area contributed by atoms with Gasteiger partial charge in [0, 0.05) is 0 Å². The predicted molar refractivity (Wildman–Crippen MR) is 72.6 cm³/mol. The van der Waals surface area contributed by atoms with Gasteiger partial charge < -0.3 is 0 Å². The van der Waals surface area contributed by atoms with E-state index in [2.05, 4.69) is 6.92 Å². The molecule has 0 fully saturated rings. The molecule has 0 radical (unpaired) electrons. The van der Waals surface area contributed by atoms with Gasteiger partial charge in [-0.2, -0.15) is 8.42 Å². The zero-order chi connectivity index (χ0) is 13.1. The molecule has 0 amide bonds. The van der Waals surface area contributed by atoms with Crippen LogP contribution in [-0.4, -0.2) is 20.8 Å². The van der Waals surface area contributed by atoms with Gasteiger partial charge in [0.25, 0.3) is 10.1 Å². The number of hydrogen-bond acceptors (Lipinski definition) is 3. The van der Waals surface area contributed by atoms with Crippen molar-refractivity contribution in [3.8, 4) is 0 Å². The molecule has 0 heterocycles. The molecule has 3 nitrogen and oxygen atoms in total. The van der Waals surface area contributed by atoms with Crippen LogP contribution in [0.5, 0.6) is 0 Å². The molecular weight excluding hydrogens is 236 g/mol. The van der Waals surface area contributed by atoms with Crippen molar-refractivity contribution in [3.63, 3.8) is 0 Å². The highest BCUT2D eigenvalue weighted by Gasteiger charge is 2.14. The molecule has 104 valence electrons. The summed E-state index contributed by atoms with van der Waals surface area (Å²) in [7, 11) is -3.29. The summed E-state index contributed by atoms with van der Waals surface area (Å²) in [6.45, 7) is 6.47. The van der Waals surface area contributed by atoms with Crippen molar-refractivity contribution in [2.75, 3.05) is 12.4 Å². The fourth-order valence-corrected chi connectivity index (χ4v) is 2.98. The van der Waals surface area contributed by atoms with Gasteiger partial charge >= 0.3 is 0 Å². The molecule has 0 aliphatic carbocycles. The van der Waals surface area contributed by atoms with Gasteiger partial charge in [-0.05, 0) is 12.3 Å². The average Bonchev–Trinajstić information content (AvgIpc) is 2.27. The summed E-state index contributed by atoms with van der Waals surface area (Å²) in [6, 6.07) is 0. The molecule has 0 aromatic rings. The smallest absolute Gasteiger partial charge is 0.267 e. The minimum absolute atomic E-state index is 0.152. The summed E-state index contributed by atoms with van der Waals surface area (Å²) in [5.74, 6) is 0.337. The molecule has 0 rings (SSSR count). The summed E-state index contributed by atoms with van der Waals surface area (Å²) in [5.41, 5.74) is 0. The molecule has 0 saturated carbocycles. The van der Waals surface area contributed by atoms with Crippen LogP contribution in [0.15, 0.2) is 0 Å². The average molecular weight is 264 g/mol. The molecule has 0 aliphatic rings. The van der Waals surface area contributed by atoms with Gasteiger partial charge in [-0.25, -0.2) is 0 Å². The Morgan fingerprint density at radius 2 is 1.59 bits per heavy atom. The summed E-state index contributed by atoms with van der Waals surface area (Å²) in [5, 5.41) is 0. The standard InChI is InChI=1S/C13H28O3S/c1-4-6-7-8-9-10-11-16-17(14,15)12-13(3)5-2/h13H,4-12H2,1-3H3. The Bertz CT molecular complexity index is 260. The van der Waals surface area contributed by atoms with E-state index < -0.39 is 10.1 Å². The van der Waals surface area contributed by atoms with Crippen LogP contribution in [0.3, 0.4) is 0 Å². The zero-order valence-electron chi connectivity index (χ0n) is 11.6. The normalized spacial score (nSPS) is 13.8. The molecule has 0 bridgehead atoms. The summed E-state index contributed by atoms with van der Waals surface area (Å²) < 4.78 is 28.0. The van der Waals surface area contributed by atoms with E-state index in [0.29, 0.717) is 6.61 Å². The molecule has 17 heavy (non-hydrogen) atoms. The molecule has 0 aliphatic heterocycles. The van der Waals surface area contributed by atoms with Crippen molar-refractivity contribution in [1.29, 1.82) is 0 Å². The van der Waals surface area contributed by atoms with Crippen LogP contribution in [-0.2, 0) is 14.3 Å². The third kappa shape index (κ3) is 10.8. The second-order valence-electron chi connectivity index (χ2n) is 4.83. The van der Waals surface area contributed by atoms with Gasteiger partial charge in [0.15, 0.2) is 0 Å². The second-order valence-corrected chi connectivity index (χ2v) is 6.51. The minimum Gasteiger partial charge on any atom is -0.270 e. The van der Waals surface area contributed by atoms with Gasteiger partial charge in [0.2, 0.25) is 0 Å². The lowest BCUT2D eigenvalue weighted by atomic mass is 10.1. The second kappa shape index (κ2) is 9.89. The van der Waals surface area contributed by atoms with Crippen molar-refractivity contribution >= 4 is 10.1 Å². The van der Waals surface area contributed by atoms with Gasteiger partial charge in [-0.15, -0.1) is 0 Å². The SMILES string of the molecule is CCCCCCCCOS(=O)(=O)CC(C)CC. The Morgan fingerprint density at radius 3 is 2.18 bits per heavy atom. The first kappa shape index (κ1) is 16.9. The Balaban J connectivity index is 3.53. The summed E-state index contributed by atoms with van der Waals surface area (Å²) in [6.07, 6.45) is 7.73. The van der Waals surface area contributed by atoms with Crippen molar-refractivity contribution in [3.05, 3.63) is 0 Å². The van der Waals surface area contributed by atoms with Crippen LogP contribution in [0.4, 0.5) is 0 Å². The van der Waals surface area contributed by atoms with Crippen LogP contribution < -0.4 is 0 Å². The maximum absolute atomic E-state index is 11.5. The molecule has 4 heteroatoms. The molecule has 0 saturated heterocycles. The highest BCUT2D eigenvalue weighted by atomic mass is 32.2. The van der Waals surface area contributed by atoms with Crippen molar-refractivity contribution in [2.24, 2.45) is 5.92 Å². The quantitative estimate of drug-likeness (QED) is 0.422. The predicted octanol–water partition coefficient (Wildman–Crippen LogP) is 3.74. The third-order valence-electron chi connectivity index (χ3n) is 2.95. The monoisotopic (exact) mass is 264 g/mol. The van der Waals surface area contributed by atoms with E-state index in [1.165, 1.54) is 25.7 Å². The van der Waals surface area contributed by atoms with Crippen LogP contribution >= 0.6 is 0 Å². The first-order valence-corrected chi connectivity index (χ1v) is 8.46. The van der Waals surface area contributed by atoms with Gasteiger partial charge in [-0.3, -0.25) is 4.18 Å². The maximum Gasteiger partial charge on any atom is 0.267 e. The van der Waals surface area contributed by atoms with Gasteiger partial charge in [-0.1, -0.05) is 59.3 Å². The Morgan fingerprint density at radius 1 is 1.00 bits per heavy atom. The first-order chi connectivity index (χ1) is 8.02. The van der Waals surface area contributed by atoms with E-state index in [1.807, 2.05) is 13.8 Å². The highest BCUT2D eigenvalue weighted by molar-refractivity contribution is 7.86. The lowest BCUT2D eigenvalue weighted by Gasteiger charge is -2.09. The van der Waals surface area contributed by atoms with Crippen LogP contribution in [0.2, 0.25) is 0 Å². The van der Waals surface area contributed by atoms with E-state index >= 15 is 0 Å². The van der Waals surface area contributed by atoms with Crippen LogP contribution in [0.1, 0.15) is 65.7 Å². The maximum atomic E-state index is 11.5. The highest BCUT2D eigenvalue weighted by Crippen LogP contribution is 2.09. The number of rotatable bonds is 11. The summed E-state index contributed by atoms with van der Waals surface area (Å²) >= 11 is 0. The molecule has 0 aromatic heterocycles. The molecule has 0 N–H and O–H groups in total. The van der Waals surface area contributed by atoms with E-state index in [1.54, 1.807) is 0 Å². The number of hydrogen-bond donors (Lipinski definition) is 0. The van der Waals surface area contributed by atoms with E-state index in [4.69, 9.17) is 4.18 Å². The molecule has 0 aromatic carbocycles. The van der Waals surface area contributed by atoms with Crippen molar-refractivity contribution in [1.82, 2.24) is 0 Å². The van der Waals surface area contributed by atoms with Crippen LogP contribution in [0, 0.1) is 5.92 Å². The summed E-state index contributed by atoms with van der Waals surface area (Å²) in [4.78, 5) is 0. The fourth-order valence-electron chi connectivity index (χ4n) is 1.58. The van der Waals surface area contributed by atoms with Gasteiger partial charge in [0.05, 0.1) is 12.4 Å². The third-order valence-corrected chi connectivity index (χ3v) is 4.45. The largest absolute Gasteiger partial charge is 0.270 e. The Kier molecular flexibility index (Phi) is 9.84. The van der Waals surface area contributed by atoms with Gasteiger partial charge in [0.1, 0.15) is 0 Å². The fraction of sp³-hybridized carbons (Fsp3) is 1.00. The van der Waals surface area contributed by atoms with Crippen LogP contribution in [0.25, 0.3) is 0 Å². The minimum atomic E-state index is -3.29. The first-order valence-electron chi connectivity index (χ1n) is 6.89. The lowest BCUT2D eigenvalue weighted by Crippen LogP contribution is -2.16. The van der Waals surface area contributed by atoms with Crippen molar-refractivity contribution in [2.45, 2.75) is 65.7 Å². The van der Waals surface area contributed by atoms with E-state index in [9.17, 15) is 8.42 Å². The van der Waals surface area contributed by atoms with Crippen molar-refractivity contribution < 1.29 is 12.6 Å². The van der Waals surface area contributed by atoms with E-state index in [-0.39, 0.29) is 11.7 Å². The Hall–Kier alpha value is -0.0900. The Labute approximate surface area is 107 Å². The number of unbranched alkanes of at least 4 members (excludes halogenated alkanes) is 5.